The maximum absolute atomic E-state index is 13.6. The monoisotopic (exact) mass is 221 g/mol. The summed E-state index contributed by atoms with van der Waals surface area (Å²) in [6, 6.07) is 7.23. The van der Waals surface area contributed by atoms with Crippen LogP contribution in [0.4, 0.5) is 4.39 Å². The molecular weight excluding hydrogens is 201 g/mol. The summed E-state index contributed by atoms with van der Waals surface area (Å²) >= 11 is 0. The van der Waals surface area contributed by atoms with Crippen LogP contribution in [0.1, 0.15) is 37.7 Å². The van der Waals surface area contributed by atoms with Crippen LogP contribution in [-0.2, 0) is 0 Å². The van der Waals surface area contributed by atoms with Crippen LogP contribution >= 0.6 is 0 Å². The van der Waals surface area contributed by atoms with Crippen LogP contribution in [0.25, 0.3) is 0 Å². The Labute approximate surface area is 97.3 Å². The summed E-state index contributed by atoms with van der Waals surface area (Å²) in [6.07, 6.45) is 3.41. The molecule has 0 bridgehead atoms. The van der Waals surface area contributed by atoms with Crippen molar-refractivity contribution in [3.63, 3.8) is 0 Å². The number of rotatable bonds is 3. The Morgan fingerprint density at radius 1 is 1.25 bits per heavy atom. The van der Waals surface area contributed by atoms with Crippen molar-refractivity contribution in [2.75, 3.05) is 19.6 Å². The van der Waals surface area contributed by atoms with E-state index in [-0.39, 0.29) is 5.82 Å². The van der Waals surface area contributed by atoms with Crippen LogP contribution in [0.2, 0.25) is 0 Å². The fourth-order valence-electron chi connectivity index (χ4n) is 2.59. The van der Waals surface area contributed by atoms with Gasteiger partial charge in [-0.2, -0.15) is 0 Å². The highest BCUT2D eigenvalue weighted by atomic mass is 19.1. The Kier molecular flexibility index (Phi) is 3.94. The fourth-order valence-corrected chi connectivity index (χ4v) is 2.59. The quantitative estimate of drug-likeness (QED) is 0.756. The van der Waals surface area contributed by atoms with E-state index >= 15 is 0 Å². The minimum Gasteiger partial charge on any atom is -0.303 e. The van der Waals surface area contributed by atoms with Crippen LogP contribution < -0.4 is 0 Å². The molecule has 1 heterocycles. The maximum Gasteiger partial charge on any atom is 0.126 e. The summed E-state index contributed by atoms with van der Waals surface area (Å²) < 4.78 is 13.6. The molecule has 1 fully saturated rings. The number of nitrogens with zero attached hydrogens (tertiary/aromatic N) is 1. The lowest BCUT2D eigenvalue weighted by molar-refractivity contribution is 0.211. The predicted molar refractivity (Wildman–Crippen MR) is 65.1 cm³/mol. The molecule has 1 saturated heterocycles. The highest BCUT2D eigenvalue weighted by Gasteiger charge is 2.21. The van der Waals surface area contributed by atoms with E-state index in [0.717, 1.165) is 31.5 Å². The molecule has 0 aromatic heterocycles. The van der Waals surface area contributed by atoms with Crippen molar-refractivity contribution < 1.29 is 4.39 Å². The topological polar surface area (TPSA) is 3.24 Å². The predicted octanol–water partition coefficient (Wildman–Crippen LogP) is 3.42. The number of halogens is 1. The summed E-state index contributed by atoms with van der Waals surface area (Å²) in [5.74, 6) is 0.394. The average molecular weight is 221 g/mol. The van der Waals surface area contributed by atoms with E-state index in [1.807, 2.05) is 12.1 Å². The molecule has 1 nitrogen and oxygen atoms in total. The third-order valence-corrected chi connectivity index (χ3v) is 3.47. The van der Waals surface area contributed by atoms with E-state index in [2.05, 4.69) is 11.8 Å². The minimum absolute atomic E-state index is 0.0311. The summed E-state index contributed by atoms with van der Waals surface area (Å²) in [4.78, 5) is 2.48. The Hall–Kier alpha value is -0.890. The van der Waals surface area contributed by atoms with E-state index in [0.29, 0.717) is 5.92 Å². The zero-order chi connectivity index (χ0) is 11.4. The van der Waals surface area contributed by atoms with Gasteiger partial charge in [0.2, 0.25) is 0 Å². The fraction of sp³-hybridized carbons (Fsp3) is 0.571. The molecule has 1 aromatic rings. The molecule has 1 aromatic carbocycles. The van der Waals surface area contributed by atoms with Gasteiger partial charge >= 0.3 is 0 Å². The first kappa shape index (κ1) is 11.6. The van der Waals surface area contributed by atoms with Crippen molar-refractivity contribution in [1.29, 1.82) is 0 Å². The van der Waals surface area contributed by atoms with Crippen molar-refractivity contribution in [1.82, 2.24) is 4.90 Å². The van der Waals surface area contributed by atoms with Crippen molar-refractivity contribution >= 4 is 0 Å². The van der Waals surface area contributed by atoms with E-state index in [9.17, 15) is 4.39 Å². The van der Waals surface area contributed by atoms with Gasteiger partial charge in [0.1, 0.15) is 5.82 Å². The molecule has 1 aliphatic rings. The second-order valence-corrected chi connectivity index (χ2v) is 4.64. The van der Waals surface area contributed by atoms with Crippen LogP contribution in [-0.4, -0.2) is 24.5 Å². The average Bonchev–Trinajstić information content (AvgIpc) is 2.31. The molecule has 2 rings (SSSR count). The third kappa shape index (κ3) is 2.62. The van der Waals surface area contributed by atoms with E-state index in [1.165, 1.54) is 13.0 Å². The summed E-state index contributed by atoms with van der Waals surface area (Å²) in [5.41, 5.74) is 0.915. The summed E-state index contributed by atoms with van der Waals surface area (Å²) in [5, 5.41) is 0. The molecule has 0 amide bonds. The van der Waals surface area contributed by atoms with Crippen molar-refractivity contribution in [2.45, 2.75) is 32.1 Å². The van der Waals surface area contributed by atoms with E-state index < -0.39 is 0 Å². The van der Waals surface area contributed by atoms with Crippen LogP contribution in [0, 0.1) is 5.82 Å². The molecule has 1 aliphatic heterocycles. The number of hydrogen-bond donors (Lipinski definition) is 0. The van der Waals surface area contributed by atoms with Gasteiger partial charge in [-0.05, 0) is 56.4 Å². The highest BCUT2D eigenvalue weighted by Crippen LogP contribution is 2.29. The summed E-state index contributed by atoms with van der Waals surface area (Å²) in [7, 11) is 0. The molecule has 0 radical (unpaired) electrons. The zero-order valence-corrected chi connectivity index (χ0v) is 9.95. The molecular formula is C14H20FN. The van der Waals surface area contributed by atoms with Gasteiger partial charge in [0.15, 0.2) is 0 Å². The van der Waals surface area contributed by atoms with Gasteiger partial charge in [-0.15, -0.1) is 0 Å². The molecule has 2 heteroatoms. The Balaban J connectivity index is 1.96. The zero-order valence-electron chi connectivity index (χ0n) is 9.95. The van der Waals surface area contributed by atoms with Gasteiger partial charge in [-0.25, -0.2) is 4.39 Å². The molecule has 88 valence electrons. The molecule has 0 unspecified atom stereocenters. The molecule has 0 N–H and O–H groups in total. The SMILES string of the molecule is CCCN1CCC(c2ccccc2F)CC1. The van der Waals surface area contributed by atoms with Crippen LogP contribution in [0.15, 0.2) is 24.3 Å². The Bertz CT molecular complexity index is 329. The van der Waals surface area contributed by atoms with Crippen LogP contribution in [0.3, 0.4) is 0 Å². The number of hydrogen-bond acceptors (Lipinski definition) is 1. The standard InChI is InChI=1S/C14H20FN/c1-2-9-16-10-7-12(8-11-16)13-5-3-4-6-14(13)15/h3-6,12H,2,7-11H2,1H3. The molecule has 0 saturated carbocycles. The first-order chi connectivity index (χ1) is 7.81. The maximum atomic E-state index is 13.6. The third-order valence-electron chi connectivity index (χ3n) is 3.47. The molecule has 16 heavy (non-hydrogen) atoms. The van der Waals surface area contributed by atoms with Crippen molar-refractivity contribution in [3.8, 4) is 0 Å². The minimum atomic E-state index is -0.0311. The smallest absolute Gasteiger partial charge is 0.126 e. The molecule has 0 aliphatic carbocycles. The number of likely N-dealkylation sites (tertiary alicyclic amines) is 1. The normalized spacial score (nSPS) is 18.9. The first-order valence-corrected chi connectivity index (χ1v) is 6.28. The van der Waals surface area contributed by atoms with Gasteiger partial charge < -0.3 is 4.90 Å². The lowest BCUT2D eigenvalue weighted by atomic mass is 9.89. The second-order valence-electron chi connectivity index (χ2n) is 4.64. The van der Waals surface area contributed by atoms with Gasteiger partial charge in [0.05, 0.1) is 0 Å². The van der Waals surface area contributed by atoms with Crippen molar-refractivity contribution in [3.05, 3.63) is 35.6 Å². The largest absolute Gasteiger partial charge is 0.303 e. The summed E-state index contributed by atoms with van der Waals surface area (Å²) in [6.45, 7) is 5.63. The first-order valence-electron chi connectivity index (χ1n) is 6.28. The lowest BCUT2D eigenvalue weighted by Gasteiger charge is -2.32. The van der Waals surface area contributed by atoms with Gasteiger partial charge in [-0.1, -0.05) is 25.1 Å². The lowest BCUT2D eigenvalue weighted by Crippen LogP contribution is -2.33. The Morgan fingerprint density at radius 3 is 2.56 bits per heavy atom. The van der Waals surface area contributed by atoms with Crippen LogP contribution in [0.5, 0.6) is 0 Å². The van der Waals surface area contributed by atoms with E-state index in [1.54, 1.807) is 12.1 Å². The van der Waals surface area contributed by atoms with E-state index in [4.69, 9.17) is 0 Å². The second kappa shape index (κ2) is 5.44. The van der Waals surface area contributed by atoms with Crippen molar-refractivity contribution in [2.24, 2.45) is 0 Å². The Morgan fingerprint density at radius 2 is 1.94 bits per heavy atom. The van der Waals surface area contributed by atoms with Gasteiger partial charge in [0, 0.05) is 0 Å². The number of benzene rings is 1. The number of piperidine rings is 1. The van der Waals surface area contributed by atoms with Gasteiger partial charge in [-0.3, -0.25) is 0 Å². The molecule has 0 spiro atoms. The highest BCUT2D eigenvalue weighted by molar-refractivity contribution is 5.22. The van der Waals surface area contributed by atoms with Gasteiger partial charge in [0.25, 0.3) is 0 Å². The molecule has 0 atom stereocenters.